The van der Waals surface area contributed by atoms with Gasteiger partial charge in [-0.2, -0.15) is 13.9 Å². The topological polar surface area (TPSA) is 75.2 Å². The first-order valence-electron chi connectivity index (χ1n) is 7.43. The zero-order valence-corrected chi connectivity index (χ0v) is 17.2. The Bertz CT molecular complexity index is 811. The van der Waals surface area contributed by atoms with E-state index in [4.69, 9.17) is 10.5 Å². The largest absolute Gasteiger partial charge is 0.419 e. The van der Waals surface area contributed by atoms with Gasteiger partial charge in [-0.25, -0.2) is 9.67 Å². The lowest BCUT2D eigenvalue weighted by molar-refractivity contribution is -0.0961. The number of benzene rings is 1. The summed E-state index contributed by atoms with van der Waals surface area (Å²) in [7, 11) is 4.12. The molecule has 2 rings (SSSR count). The van der Waals surface area contributed by atoms with Gasteiger partial charge in [0.15, 0.2) is 11.7 Å². The third-order valence-electron chi connectivity index (χ3n) is 3.25. The third kappa shape index (κ3) is 6.00. The molecule has 0 bridgehead atoms. The van der Waals surface area contributed by atoms with Crippen LogP contribution in [0.2, 0.25) is 0 Å². The third-order valence-corrected chi connectivity index (χ3v) is 4.27. The van der Waals surface area contributed by atoms with Gasteiger partial charge in [0, 0.05) is 16.3 Å². The maximum absolute atomic E-state index is 12.6. The van der Waals surface area contributed by atoms with Gasteiger partial charge >= 0.3 is 6.61 Å². The fraction of sp³-hybridized carbons (Fsp3) is 0.250. The molecule has 0 radical (unpaired) electrons. The second-order valence-electron chi connectivity index (χ2n) is 5.15. The van der Waals surface area contributed by atoms with Crippen molar-refractivity contribution in [2.75, 3.05) is 7.11 Å². The number of nitrogens with two attached hydrogens (primary N) is 1. The van der Waals surface area contributed by atoms with Gasteiger partial charge in [-0.1, -0.05) is 12.1 Å². The molecule has 0 spiro atoms. The molecule has 0 saturated heterocycles. The van der Waals surface area contributed by atoms with Crippen LogP contribution in [0.3, 0.4) is 0 Å². The highest BCUT2D eigenvalue weighted by molar-refractivity contribution is 14.1. The molecule has 0 saturated carbocycles. The van der Waals surface area contributed by atoms with Gasteiger partial charge in [0.2, 0.25) is 0 Å². The number of rotatable bonds is 8. The van der Waals surface area contributed by atoms with E-state index in [0.29, 0.717) is 30.1 Å². The molecule has 26 heavy (non-hydrogen) atoms. The van der Waals surface area contributed by atoms with Crippen molar-refractivity contribution in [3.05, 3.63) is 62.8 Å². The Balaban J connectivity index is 2.36. The summed E-state index contributed by atoms with van der Waals surface area (Å²) in [5, 5.41) is 4.89. The van der Waals surface area contributed by atoms with Crippen LogP contribution in [0.5, 0.6) is 0 Å². The van der Waals surface area contributed by atoms with Crippen molar-refractivity contribution in [3.8, 4) is 0 Å². The summed E-state index contributed by atoms with van der Waals surface area (Å²) in [5.41, 5.74) is 6.80. The van der Waals surface area contributed by atoms with Crippen LogP contribution in [0.15, 0.2) is 47.9 Å². The first kappa shape index (κ1) is 20.7. The number of aromatic nitrogens is 3. The number of hydrogen-bond acceptors (Lipinski definition) is 5. The van der Waals surface area contributed by atoms with Crippen molar-refractivity contribution in [1.82, 2.24) is 14.8 Å². The summed E-state index contributed by atoms with van der Waals surface area (Å²) in [5.74, 6) is 0.301. The zero-order chi connectivity index (χ0) is 19.1. The molecule has 1 heterocycles. The van der Waals surface area contributed by atoms with Crippen LogP contribution in [0.25, 0.3) is 5.57 Å². The predicted molar refractivity (Wildman–Crippen MR) is 106 cm³/mol. The van der Waals surface area contributed by atoms with E-state index in [1.807, 2.05) is 18.2 Å². The Labute approximate surface area is 165 Å². The fourth-order valence-corrected chi connectivity index (χ4v) is 3.06. The summed E-state index contributed by atoms with van der Waals surface area (Å²) in [6.45, 7) is -2.31. The summed E-state index contributed by atoms with van der Waals surface area (Å²) < 4.78 is 37.3. The monoisotopic (exact) mass is 494 g/mol. The first-order valence-corrected chi connectivity index (χ1v) is 9.08. The Hall–Kier alpha value is -1.58. The van der Waals surface area contributed by atoms with Crippen LogP contribution >= 0.6 is 31.8 Å². The first-order chi connectivity index (χ1) is 12.4. The molecule has 1 aromatic carbocycles. The van der Waals surface area contributed by atoms with E-state index in [2.05, 4.69) is 46.7 Å². The number of halogens is 3. The van der Waals surface area contributed by atoms with Crippen LogP contribution in [0.1, 0.15) is 11.4 Å². The van der Waals surface area contributed by atoms with Crippen LogP contribution in [0, 0.1) is 3.57 Å². The molecular weight excluding hydrogens is 476 g/mol. The summed E-state index contributed by atoms with van der Waals surface area (Å²) >= 11 is 2.14. The van der Waals surface area contributed by atoms with E-state index in [1.54, 1.807) is 23.9 Å². The minimum absolute atomic E-state index is 0.314. The van der Waals surface area contributed by atoms with Crippen molar-refractivity contribution in [2.24, 2.45) is 5.73 Å². The Morgan fingerprint density at radius 1 is 1.46 bits per heavy atom. The SMILES string of the molecule is COCc1ncnn1C/C(P)=C/C(=C(\N)OC(F)F)c1cccc(I)c1. The Morgan fingerprint density at radius 2 is 2.23 bits per heavy atom. The van der Waals surface area contributed by atoms with Crippen LogP contribution < -0.4 is 5.73 Å². The van der Waals surface area contributed by atoms with Gasteiger partial charge in [0.1, 0.15) is 12.9 Å². The molecule has 6 nitrogen and oxygen atoms in total. The average Bonchev–Trinajstić information content (AvgIpc) is 2.99. The van der Waals surface area contributed by atoms with Gasteiger partial charge < -0.3 is 15.2 Å². The number of nitrogens with zero attached hydrogens (tertiary/aromatic N) is 3. The highest BCUT2D eigenvalue weighted by Gasteiger charge is 2.12. The molecule has 0 aliphatic carbocycles. The molecule has 140 valence electrons. The summed E-state index contributed by atoms with van der Waals surface area (Å²) in [6.07, 6.45) is 3.10. The molecule has 1 aromatic heterocycles. The maximum Gasteiger partial charge on any atom is 0.388 e. The van der Waals surface area contributed by atoms with Gasteiger partial charge in [-0.15, -0.1) is 9.24 Å². The lowest BCUT2D eigenvalue weighted by Crippen LogP contribution is -2.11. The molecule has 0 aliphatic rings. The number of allylic oxidation sites excluding steroid dienone is 3. The average molecular weight is 494 g/mol. The Morgan fingerprint density at radius 3 is 2.88 bits per heavy atom. The molecule has 0 amide bonds. The number of ether oxygens (including phenoxy) is 2. The minimum Gasteiger partial charge on any atom is -0.419 e. The van der Waals surface area contributed by atoms with Crippen molar-refractivity contribution in [1.29, 1.82) is 0 Å². The van der Waals surface area contributed by atoms with E-state index in [1.165, 1.54) is 6.33 Å². The van der Waals surface area contributed by atoms with Crippen molar-refractivity contribution in [2.45, 2.75) is 19.8 Å². The summed E-state index contributed by atoms with van der Waals surface area (Å²) in [6, 6.07) is 7.32. The van der Waals surface area contributed by atoms with Crippen molar-refractivity contribution >= 4 is 37.4 Å². The standard InChI is InChI=1S/C16H18F2IN4O2P/c1-24-8-14-21-9-22-23(14)7-12(26)6-13(15(20)25-16(17)18)10-3-2-4-11(19)5-10/h2-6,9,16H,7-8,20,26H2,1H3/b12-6-,15-13-. The van der Waals surface area contributed by atoms with E-state index in [9.17, 15) is 8.78 Å². The van der Waals surface area contributed by atoms with E-state index >= 15 is 0 Å². The molecule has 1 unspecified atom stereocenters. The van der Waals surface area contributed by atoms with E-state index in [-0.39, 0.29) is 5.88 Å². The number of alkyl halides is 2. The fourth-order valence-electron chi connectivity index (χ4n) is 2.18. The minimum atomic E-state index is -3.00. The number of hydrogen-bond donors (Lipinski definition) is 1. The number of methoxy groups -OCH3 is 1. The second kappa shape index (κ2) is 9.94. The molecule has 1 atom stereocenters. The molecular formula is C16H18F2IN4O2P. The quantitative estimate of drug-likeness (QED) is 0.264. The zero-order valence-electron chi connectivity index (χ0n) is 13.9. The van der Waals surface area contributed by atoms with Gasteiger partial charge in [0.05, 0.1) is 6.54 Å². The summed E-state index contributed by atoms with van der Waals surface area (Å²) in [4.78, 5) is 4.11. The van der Waals surface area contributed by atoms with Crippen LogP contribution in [0.4, 0.5) is 8.78 Å². The van der Waals surface area contributed by atoms with Gasteiger partial charge in [-0.3, -0.25) is 0 Å². The maximum atomic E-state index is 12.6. The molecule has 0 fully saturated rings. The second-order valence-corrected chi connectivity index (χ2v) is 7.14. The van der Waals surface area contributed by atoms with Crippen LogP contribution in [-0.4, -0.2) is 28.5 Å². The smallest absolute Gasteiger partial charge is 0.388 e. The van der Waals surface area contributed by atoms with Gasteiger partial charge in [-0.05, 0) is 51.7 Å². The predicted octanol–water partition coefficient (Wildman–Crippen LogP) is 3.35. The van der Waals surface area contributed by atoms with Crippen molar-refractivity contribution in [3.63, 3.8) is 0 Å². The van der Waals surface area contributed by atoms with Crippen LogP contribution in [-0.2, 0) is 22.6 Å². The molecule has 2 aromatic rings. The highest BCUT2D eigenvalue weighted by Crippen LogP contribution is 2.25. The van der Waals surface area contributed by atoms with E-state index < -0.39 is 6.61 Å². The molecule has 10 heteroatoms. The highest BCUT2D eigenvalue weighted by atomic mass is 127. The van der Waals surface area contributed by atoms with Crippen molar-refractivity contribution < 1.29 is 18.3 Å². The molecule has 0 aliphatic heterocycles. The van der Waals surface area contributed by atoms with Gasteiger partial charge in [0.25, 0.3) is 0 Å². The Kier molecular flexibility index (Phi) is 7.92. The molecule has 2 N–H and O–H groups in total. The van der Waals surface area contributed by atoms with E-state index in [0.717, 1.165) is 8.88 Å². The normalized spacial score (nSPS) is 13.1. The lowest BCUT2D eigenvalue weighted by atomic mass is 10.1. The lowest BCUT2D eigenvalue weighted by Gasteiger charge is -2.12.